The fourth-order valence-electron chi connectivity index (χ4n) is 4.27. The van der Waals surface area contributed by atoms with E-state index < -0.39 is 5.97 Å². The van der Waals surface area contributed by atoms with E-state index in [2.05, 4.69) is 19.1 Å². The highest BCUT2D eigenvalue weighted by Gasteiger charge is 2.39. The van der Waals surface area contributed by atoms with E-state index in [-0.39, 0.29) is 23.8 Å². The van der Waals surface area contributed by atoms with Crippen molar-refractivity contribution in [3.8, 4) is 0 Å². The minimum Gasteiger partial charge on any atom is -0.481 e. The van der Waals surface area contributed by atoms with Crippen molar-refractivity contribution in [3.63, 3.8) is 0 Å². The van der Waals surface area contributed by atoms with Crippen LogP contribution in [0.4, 0.5) is 0 Å². The molecule has 1 aliphatic carbocycles. The number of rotatable bonds is 3. The fourth-order valence-corrected chi connectivity index (χ4v) is 4.27. The van der Waals surface area contributed by atoms with E-state index >= 15 is 0 Å². The predicted molar refractivity (Wildman–Crippen MR) is 88.1 cm³/mol. The van der Waals surface area contributed by atoms with Gasteiger partial charge >= 0.3 is 5.97 Å². The van der Waals surface area contributed by atoms with Gasteiger partial charge in [0.1, 0.15) is 0 Å². The van der Waals surface area contributed by atoms with Crippen molar-refractivity contribution < 1.29 is 14.7 Å². The summed E-state index contributed by atoms with van der Waals surface area (Å²) in [5.74, 6) is -0.651. The number of hydrogen-bond acceptors (Lipinski definition) is 2. The SMILES string of the molecule is CC1C(c2ccccc2)CCN1C(=O)C1CCCC(C(=O)O)C1. The second kappa shape index (κ2) is 6.73. The Morgan fingerprint density at radius 2 is 1.78 bits per heavy atom. The highest BCUT2D eigenvalue weighted by Crippen LogP contribution is 2.37. The molecule has 2 aliphatic rings. The normalized spacial score (nSPS) is 31.1. The zero-order valence-corrected chi connectivity index (χ0v) is 13.6. The Kier molecular flexibility index (Phi) is 4.69. The van der Waals surface area contributed by atoms with Crippen LogP contribution in [0.1, 0.15) is 50.5 Å². The molecule has 4 nitrogen and oxygen atoms in total. The van der Waals surface area contributed by atoms with E-state index in [9.17, 15) is 14.7 Å². The monoisotopic (exact) mass is 315 g/mol. The van der Waals surface area contributed by atoms with Gasteiger partial charge in [-0.25, -0.2) is 0 Å². The van der Waals surface area contributed by atoms with Crippen LogP contribution in [0.25, 0.3) is 0 Å². The first kappa shape index (κ1) is 16.0. The number of aliphatic carboxylic acids is 1. The number of carbonyl (C=O) groups excluding carboxylic acids is 1. The van der Waals surface area contributed by atoms with Gasteiger partial charge in [-0.05, 0) is 38.2 Å². The quantitative estimate of drug-likeness (QED) is 0.931. The Balaban J connectivity index is 1.67. The summed E-state index contributed by atoms with van der Waals surface area (Å²) >= 11 is 0. The minimum atomic E-state index is -0.751. The van der Waals surface area contributed by atoms with E-state index in [1.54, 1.807) is 0 Å². The number of carboxylic acid groups (broad SMARTS) is 1. The standard InChI is InChI=1S/C19H25NO3/c1-13-17(14-6-3-2-4-7-14)10-11-20(13)18(21)15-8-5-9-16(12-15)19(22)23/h2-4,6-7,13,15-17H,5,8-12H2,1H3,(H,22,23). The number of carbonyl (C=O) groups is 2. The summed E-state index contributed by atoms with van der Waals surface area (Å²) in [4.78, 5) is 26.1. The molecule has 3 rings (SSSR count). The van der Waals surface area contributed by atoms with Crippen LogP contribution < -0.4 is 0 Å². The Hall–Kier alpha value is -1.84. The molecule has 1 saturated heterocycles. The van der Waals surface area contributed by atoms with Gasteiger partial charge in [-0.1, -0.05) is 36.8 Å². The molecular formula is C19H25NO3. The predicted octanol–water partition coefficient (Wildman–Crippen LogP) is 3.28. The molecule has 1 saturated carbocycles. The first-order valence-electron chi connectivity index (χ1n) is 8.66. The maximum atomic E-state index is 12.9. The van der Waals surface area contributed by atoms with E-state index in [0.717, 1.165) is 25.8 Å². The van der Waals surface area contributed by atoms with Crippen LogP contribution in [0, 0.1) is 11.8 Å². The Morgan fingerprint density at radius 1 is 1.09 bits per heavy atom. The van der Waals surface area contributed by atoms with Gasteiger partial charge in [0.25, 0.3) is 0 Å². The third kappa shape index (κ3) is 3.26. The van der Waals surface area contributed by atoms with Crippen molar-refractivity contribution >= 4 is 11.9 Å². The summed E-state index contributed by atoms with van der Waals surface area (Å²) in [6.07, 6.45) is 3.89. The number of likely N-dealkylation sites (tertiary alicyclic amines) is 1. The zero-order valence-electron chi connectivity index (χ0n) is 13.6. The summed E-state index contributed by atoms with van der Waals surface area (Å²) in [6.45, 7) is 2.91. The molecule has 1 amide bonds. The lowest BCUT2D eigenvalue weighted by Gasteiger charge is -2.32. The van der Waals surface area contributed by atoms with Crippen LogP contribution in [-0.2, 0) is 9.59 Å². The summed E-state index contributed by atoms with van der Waals surface area (Å²) < 4.78 is 0. The molecule has 1 aromatic carbocycles. The zero-order chi connectivity index (χ0) is 16.4. The van der Waals surface area contributed by atoms with Gasteiger partial charge in [0.2, 0.25) is 5.91 Å². The van der Waals surface area contributed by atoms with Crippen molar-refractivity contribution in [2.24, 2.45) is 11.8 Å². The molecule has 0 aromatic heterocycles. The lowest BCUT2D eigenvalue weighted by molar-refractivity contribution is -0.145. The molecule has 0 spiro atoms. The maximum absolute atomic E-state index is 12.9. The van der Waals surface area contributed by atoms with Gasteiger partial charge in [-0.3, -0.25) is 9.59 Å². The molecule has 23 heavy (non-hydrogen) atoms. The second-order valence-electron chi connectivity index (χ2n) is 6.98. The molecule has 4 atom stereocenters. The lowest BCUT2D eigenvalue weighted by atomic mass is 9.80. The molecule has 124 valence electrons. The van der Waals surface area contributed by atoms with Crippen LogP contribution in [0.5, 0.6) is 0 Å². The number of carboxylic acids is 1. The van der Waals surface area contributed by atoms with E-state index in [1.807, 2.05) is 23.1 Å². The molecule has 4 heteroatoms. The van der Waals surface area contributed by atoms with Crippen LogP contribution in [0.15, 0.2) is 30.3 Å². The molecule has 0 bridgehead atoms. The van der Waals surface area contributed by atoms with Crippen molar-refractivity contribution in [3.05, 3.63) is 35.9 Å². The van der Waals surface area contributed by atoms with Gasteiger partial charge in [0.05, 0.1) is 5.92 Å². The molecule has 2 fully saturated rings. The van der Waals surface area contributed by atoms with Gasteiger partial charge < -0.3 is 10.0 Å². The number of amides is 1. The fraction of sp³-hybridized carbons (Fsp3) is 0.579. The van der Waals surface area contributed by atoms with Gasteiger partial charge in [-0.2, -0.15) is 0 Å². The number of nitrogens with zero attached hydrogens (tertiary/aromatic N) is 1. The molecular weight excluding hydrogens is 290 g/mol. The average Bonchev–Trinajstić information content (AvgIpc) is 2.96. The first-order chi connectivity index (χ1) is 11.1. The number of hydrogen-bond donors (Lipinski definition) is 1. The van der Waals surface area contributed by atoms with Crippen LogP contribution in [-0.4, -0.2) is 34.5 Å². The van der Waals surface area contributed by atoms with Crippen LogP contribution >= 0.6 is 0 Å². The molecule has 1 N–H and O–H groups in total. The van der Waals surface area contributed by atoms with Gasteiger partial charge in [0.15, 0.2) is 0 Å². The van der Waals surface area contributed by atoms with Crippen LogP contribution in [0.2, 0.25) is 0 Å². The van der Waals surface area contributed by atoms with Crippen molar-refractivity contribution in [2.45, 2.75) is 51.0 Å². The smallest absolute Gasteiger partial charge is 0.306 e. The van der Waals surface area contributed by atoms with Crippen molar-refractivity contribution in [1.82, 2.24) is 4.90 Å². The summed E-state index contributed by atoms with van der Waals surface area (Å²) in [7, 11) is 0. The molecule has 1 aliphatic heterocycles. The summed E-state index contributed by atoms with van der Waals surface area (Å²) in [5, 5.41) is 9.22. The lowest BCUT2D eigenvalue weighted by Crippen LogP contribution is -2.41. The Morgan fingerprint density at radius 3 is 2.48 bits per heavy atom. The average molecular weight is 315 g/mol. The third-order valence-corrected chi connectivity index (χ3v) is 5.64. The van der Waals surface area contributed by atoms with Crippen molar-refractivity contribution in [2.75, 3.05) is 6.54 Å². The topological polar surface area (TPSA) is 57.6 Å². The second-order valence-corrected chi connectivity index (χ2v) is 6.98. The van der Waals surface area contributed by atoms with Gasteiger partial charge in [-0.15, -0.1) is 0 Å². The van der Waals surface area contributed by atoms with Crippen molar-refractivity contribution in [1.29, 1.82) is 0 Å². The third-order valence-electron chi connectivity index (χ3n) is 5.64. The van der Waals surface area contributed by atoms with E-state index in [0.29, 0.717) is 18.8 Å². The highest BCUT2D eigenvalue weighted by atomic mass is 16.4. The van der Waals surface area contributed by atoms with Gasteiger partial charge in [0, 0.05) is 24.4 Å². The Bertz CT molecular complexity index is 571. The minimum absolute atomic E-state index is 0.109. The highest BCUT2D eigenvalue weighted by molar-refractivity contribution is 5.81. The maximum Gasteiger partial charge on any atom is 0.306 e. The number of benzene rings is 1. The molecule has 4 unspecified atom stereocenters. The Labute approximate surface area is 137 Å². The summed E-state index contributed by atoms with van der Waals surface area (Å²) in [5.41, 5.74) is 1.29. The summed E-state index contributed by atoms with van der Waals surface area (Å²) in [6, 6.07) is 10.6. The molecule has 1 heterocycles. The molecule has 0 radical (unpaired) electrons. The van der Waals surface area contributed by atoms with E-state index in [4.69, 9.17) is 0 Å². The first-order valence-corrected chi connectivity index (χ1v) is 8.66. The largest absolute Gasteiger partial charge is 0.481 e. The van der Waals surface area contributed by atoms with E-state index in [1.165, 1.54) is 5.56 Å². The molecule has 1 aromatic rings. The van der Waals surface area contributed by atoms with Crippen LogP contribution in [0.3, 0.4) is 0 Å².